The van der Waals surface area contributed by atoms with Crippen LogP contribution in [0, 0.1) is 5.92 Å². The molecule has 0 fully saturated rings. The lowest BCUT2D eigenvalue weighted by atomic mass is 9.97. The molecule has 0 spiro atoms. The molecule has 1 unspecified atom stereocenters. The third-order valence-corrected chi connectivity index (χ3v) is 1.98. The summed E-state index contributed by atoms with van der Waals surface area (Å²) in [5.41, 5.74) is 0. The van der Waals surface area contributed by atoms with Crippen LogP contribution in [0.3, 0.4) is 0 Å². The van der Waals surface area contributed by atoms with Gasteiger partial charge in [-0.25, -0.2) is 0 Å². The highest BCUT2D eigenvalue weighted by atomic mass is 14.1. The molecule has 0 rings (SSSR count). The van der Waals surface area contributed by atoms with Gasteiger partial charge in [0.2, 0.25) is 0 Å². The summed E-state index contributed by atoms with van der Waals surface area (Å²) in [5.74, 6) is 0.736. The van der Waals surface area contributed by atoms with E-state index in [2.05, 4.69) is 26.2 Å². The van der Waals surface area contributed by atoms with Gasteiger partial charge in [0.25, 0.3) is 0 Å². The summed E-state index contributed by atoms with van der Waals surface area (Å²) in [7, 11) is 0. The molecule has 0 heteroatoms. The molecule has 0 heterocycles. The molecule has 0 bridgehead atoms. The highest BCUT2D eigenvalue weighted by molar-refractivity contribution is 4.79. The molecule has 0 N–H and O–H groups in total. The number of hydrogen-bond acceptors (Lipinski definition) is 0. The van der Waals surface area contributed by atoms with Gasteiger partial charge in [-0.15, -0.1) is 13.2 Å². The quantitative estimate of drug-likeness (QED) is 0.383. The summed E-state index contributed by atoms with van der Waals surface area (Å²) >= 11 is 0. The van der Waals surface area contributed by atoms with E-state index in [1.807, 2.05) is 6.08 Å². The van der Waals surface area contributed by atoms with Crippen LogP contribution in [0.1, 0.15) is 39.0 Å². The van der Waals surface area contributed by atoms with Gasteiger partial charge in [0, 0.05) is 0 Å². The van der Waals surface area contributed by atoms with Crippen molar-refractivity contribution < 1.29 is 0 Å². The normalized spacial score (nSPS) is 12.5. The third kappa shape index (κ3) is 5.90. The van der Waals surface area contributed by atoms with Crippen LogP contribution >= 0.6 is 0 Å². The lowest BCUT2D eigenvalue weighted by molar-refractivity contribution is 0.520. The van der Waals surface area contributed by atoms with Gasteiger partial charge in [0.05, 0.1) is 0 Å². The van der Waals surface area contributed by atoms with Crippen LogP contribution in [0.25, 0.3) is 0 Å². The van der Waals surface area contributed by atoms with Crippen molar-refractivity contribution in [3.05, 3.63) is 25.3 Å². The summed E-state index contributed by atoms with van der Waals surface area (Å²) in [6.07, 6.45) is 10.3. The second-order valence-corrected chi connectivity index (χ2v) is 3.00. The summed E-state index contributed by atoms with van der Waals surface area (Å²) in [6, 6.07) is 0. The van der Waals surface area contributed by atoms with Crippen LogP contribution in [-0.4, -0.2) is 0 Å². The molecule has 0 aromatic carbocycles. The maximum Gasteiger partial charge on any atom is -0.0236 e. The van der Waals surface area contributed by atoms with Gasteiger partial charge in [0.15, 0.2) is 0 Å². The minimum Gasteiger partial charge on any atom is -0.103 e. The van der Waals surface area contributed by atoms with Crippen LogP contribution in [0.5, 0.6) is 0 Å². The average molecular weight is 152 g/mol. The zero-order chi connectivity index (χ0) is 8.53. The van der Waals surface area contributed by atoms with Gasteiger partial charge in [0.1, 0.15) is 0 Å². The number of allylic oxidation sites excluding steroid dienone is 2. The molecule has 64 valence electrons. The standard InChI is InChI=1S/C11H20/c1-4-7-8-10-11(6-3)9-5-2/h4,6,11H,1,3,5,7-10H2,2H3. The maximum atomic E-state index is 3.83. The first kappa shape index (κ1) is 10.5. The zero-order valence-corrected chi connectivity index (χ0v) is 7.68. The molecule has 0 aliphatic carbocycles. The molecule has 0 radical (unpaired) electrons. The Morgan fingerprint density at radius 3 is 2.45 bits per heavy atom. The van der Waals surface area contributed by atoms with E-state index in [1.54, 1.807) is 0 Å². The SMILES string of the molecule is C=CCCCC(C=C)CCC. The summed E-state index contributed by atoms with van der Waals surface area (Å²) in [4.78, 5) is 0. The fraction of sp³-hybridized carbons (Fsp3) is 0.636. The van der Waals surface area contributed by atoms with Crippen LogP contribution in [0.15, 0.2) is 25.3 Å². The van der Waals surface area contributed by atoms with Crippen molar-refractivity contribution in [1.82, 2.24) is 0 Å². The molecule has 0 nitrogen and oxygen atoms in total. The predicted octanol–water partition coefficient (Wildman–Crippen LogP) is 3.95. The first-order valence-electron chi connectivity index (χ1n) is 4.58. The molecule has 0 aliphatic rings. The lowest BCUT2D eigenvalue weighted by Crippen LogP contribution is -1.94. The van der Waals surface area contributed by atoms with Crippen molar-refractivity contribution in [3.63, 3.8) is 0 Å². The van der Waals surface area contributed by atoms with E-state index in [0.717, 1.165) is 12.3 Å². The minimum absolute atomic E-state index is 0.736. The third-order valence-electron chi connectivity index (χ3n) is 1.98. The van der Waals surface area contributed by atoms with Gasteiger partial charge < -0.3 is 0 Å². The Bertz CT molecular complexity index is 103. The van der Waals surface area contributed by atoms with E-state index in [4.69, 9.17) is 0 Å². The Hall–Kier alpha value is -0.520. The molecule has 11 heavy (non-hydrogen) atoms. The van der Waals surface area contributed by atoms with E-state index in [9.17, 15) is 0 Å². The Morgan fingerprint density at radius 2 is 2.00 bits per heavy atom. The van der Waals surface area contributed by atoms with Crippen molar-refractivity contribution >= 4 is 0 Å². The summed E-state index contributed by atoms with van der Waals surface area (Å²) in [5, 5.41) is 0. The Morgan fingerprint density at radius 1 is 1.27 bits per heavy atom. The monoisotopic (exact) mass is 152 g/mol. The second-order valence-electron chi connectivity index (χ2n) is 3.00. The van der Waals surface area contributed by atoms with E-state index in [1.165, 1.54) is 25.7 Å². The number of hydrogen-bond donors (Lipinski definition) is 0. The van der Waals surface area contributed by atoms with Crippen LogP contribution in [0.4, 0.5) is 0 Å². The van der Waals surface area contributed by atoms with E-state index >= 15 is 0 Å². The Labute approximate surface area is 71.0 Å². The molecule has 0 saturated heterocycles. The smallest absolute Gasteiger partial charge is 0.0236 e. The highest BCUT2D eigenvalue weighted by Gasteiger charge is 2.00. The van der Waals surface area contributed by atoms with Crippen LogP contribution in [0.2, 0.25) is 0 Å². The Balaban J connectivity index is 3.34. The van der Waals surface area contributed by atoms with Gasteiger partial charge in [-0.2, -0.15) is 0 Å². The van der Waals surface area contributed by atoms with E-state index < -0.39 is 0 Å². The topological polar surface area (TPSA) is 0 Å². The first-order chi connectivity index (χ1) is 5.35. The maximum absolute atomic E-state index is 3.83. The Kier molecular flexibility index (Phi) is 7.23. The van der Waals surface area contributed by atoms with Gasteiger partial charge in [-0.1, -0.05) is 25.5 Å². The van der Waals surface area contributed by atoms with Gasteiger partial charge in [-0.05, 0) is 31.6 Å². The van der Waals surface area contributed by atoms with E-state index in [-0.39, 0.29) is 0 Å². The van der Waals surface area contributed by atoms with Crippen molar-refractivity contribution in [2.24, 2.45) is 5.92 Å². The zero-order valence-electron chi connectivity index (χ0n) is 7.68. The van der Waals surface area contributed by atoms with E-state index in [0.29, 0.717) is 0 Å². The second kappa shape index (κ2) is 7.59. The molecule has 1 atom stereocenters. The van der Waals surface area contributed by atoms with Crippen molar-refractivity contribution in [3.8, 4) is 0 Å². The van der Waals surface area contributed by atoms with Gasteiger partial charge >= 0.3 is 0 Å². The molecular formula is C11H20. The lowest BCUT2D eigenvalue weighted by Gasteiger charge is -2.08. The predicted molar refractivity (Wildman–Crippen MR) is 52.6 cm³/mol. The van der Waals surface area contributed by atoms with Crippen LogP contribution < -0.4 is 0 Å². The summed E-state index contributed by atoms with van der Waals surface area (Å²) < 4.78 is 0. The molecule has 0 saturated carbocycles. The van der Waals surface area contributed by atoms with Crippen molar-refractivity contribution in [2.75, 3.05) is 0 Å². The molecule has 0 aromatic heterocycles. The van der Waals surface area contributed by atoms with Crippen molar-refractivity contribution in [1.29, 1.82) is 0 Å². The molecule has 0 aromatic rings. The fourth-order valence-electron chi connectivity index (χ4n) is 1.28. The molecule has 0 amide bonds. The highest BCUT2D eigenvalue weighted by Crippen LogP contribution is 2.15. The number of rotatable bonds is 7. The molecular weight excluding hydrogens is 132 g/mol. The number of unbranched alkanes of at least 4 members (excludes halogenated alkanes) is 1. The first-order valence-corrected chi connectivity index (χ1v) is 4.58. The largest absolute Gasteiger partial charge is 0.103 e. The van der Waals surface area contributed by atoms with Crippen molar-refractivity contribution in [2.45, 2.75) is 39.0 Å². The molecule has 0 aliphatic heterocycles. The summed E-state index contributed by atoms with van der Waals surface area (Å²) in [6.45, 7) is 9.76. The average Bonchev–Trinajstić information content (AvgIpc) is 2.03. The van der Waals surface area contributed by atoms with Crippen LogP contribution in [-0.2, 0) is 0 Å². The minimum atomic E-state index is 0.736. The van der Waals surface area contributed by atoms with Gasteiger partial charge in [-0.3, -0.25) is 0 Å². The fourth-order valence-corrected chi connectivity index (χ4v) is 1.28.